The van der Waals surface area contributed by atoms with Crippen LogP contribution in [0.4, 0.5) is 0 Å². The van der Waals surface area contributed by atoms with E-state index in [1.165, 1.54) is 18.3 Å². The summed E-state index contributed by atoms with van der Waals surface area (Å²) in [5.41, 5.74) is 0.648. The van der Waals surface area contributed by atoms with Crippen molar-refractivity contribution in [2.75, 3.05) is 13.1 Å². The predicted octanol–water partition coefficient (Wildman–Crippen LogP) is 2.74. The molecule has 1 atom stereocenters. The van der Waals surface area contributed by atoms with Crippen LogP contribution in [0.1, 0.15) is 47.5 Å². The summed E-state index contributed by atoms with van der Waals surface area (Å²) in [6.45, 7) is 2.68. The molecule has 1 saturated heterocycles. The quantitative estimate of drug-likeness (QED) is 0.784. The molecular weight excluding hydrogens is 374 g/mol. The molecule has 3 rings (SSSR count). The predicted molar refractivity (Wildman–Crippen MR) is 109 cm³/mol. The van der Waals surface area contributed by atoms with Crippen LogP contribution < -0.4 is 10.6 Å². The van der Waals surface area contributed by atoms with E-state index < -0.39 is 0 Å². The average Bonchev–Trinajstić information content (AvgIpc) is 3.23. The Morgan fingerprint density at radius 2 is 1.82 bits per heavy atom. The molecule has 2 aromatic rings. The first-order valence-corrected chi connectivity index (χ1v) is 10.3. The molecule has 2 heterocycles. The van der Waals surface area contributed by atoms with Gasteiger partial charge < -0.3 is 15.5 Å². The zero-order valence-corrected chi connectivity index (χ0v) is 16.7. The second kappa shape index (κ2) is 9.50. The Morgan fingerprint density at radius 3 is 2.43 bits per heavy atom. The van der Waals surface area contributed by atoms with Crippen molar-refractivity contribution in [1.29, 1.82) is 0 Å². The fourth-order valence-corrected chi connectivity index (χ4v) is 4.17. The van der Waals surface area contributed by atoms with Crippen LogP contribution >= 0.6 is 11.3 Å². The summed E-state index contributed by atoms with van der Waals surface area (Å²) in [5, 5.41) is 7.86. The maximum Gasteiger partial charge on any atom is 0.251 e. The Kier molecular flexibility index (Phi) is 6.81. The van der Waals surface area contributed by atoms with Gasteiger partial charge in [0.1, 0.15) is 0 Å². The fraction of sp³-hybridized carbons (Fsp3) is 0.381. The van der Waals surface area contributed by atoms with Gasteiger partial charge in [-0.1, -0.05) is 24.3 Å². The van der Waals surface area contributed by atoms with Gasteiger partial charge in [0.05, 0.1) is 12.5 Å². The molecule has 0 spiro atoms. The molecular formula is C21H25N3O3S. The number of hydrogen-bond acceptors (Lipinski definition) is 4. The van der Waals surface area contributed by atoms with E-state index in [-0.39, 0.29) is 36.2 Å². The van der Waals surface area contributed by atoms with E-state index in [1.54, 1.807) is 12.1 Å². The third-order valence-electron chi connectivity index (χ3n) is 4.86. The second-order valence-electron chi connectivity index (χ2n) is 6.97. The van der Waals surface area contributed by atoms with Crippen molar-refractivity contribution in [2.24, 2.45) is 0 Å². The number of piperidine rings is 1. The highest BCUT2D eigenvalue weighted by Gasteiger charge is 2.27. The minimum Gasteiger partial charge on any atom is -0.349 e. The summed E-state index contributed by atoms with van der Waals surface area (Å²) in [4.78, 5) is 39.3. The molecule has 0 bridgehead atoms. The number of nitrogens with one attached hydrogen (secondary N) is 2. The van der Waals surface area contributed by atoms with Gasteiger partial charge in [0.2, 0.25) is 11.8 Å². The number of carbonyl (C=O) groups is 3. The van der Waals surface area contributed by atoms with E-state index in [1.807, 2.05) is 40.6 Å². The van der Waals surface area contributed by atoms with Crippen molar-refractivity contribution >= 4 is 29.1 Å². The third kappa shape index (κ3) is 5.42. The van der Waals surface area contributed by atoms with Crippen molar-refractivity contribution in [1.82, 2.24) is 15.5 Å². The van der Waals surface area contributed by atoms with E-state index >= 15 is 0 Å². The maximum absolute atomic E-state index is 12.7. The van der Waals surface area contributed by atoms with Gasteiger partial charge in [-0.15, -0.1) is 11.3 Å². The van der Waals surface area contributed by atoms with E-state index in [0.717, 1.165) is 17.7 Å². The standard InChI is InChI=1S/C21H25N3O3S/c1-15(25)22-18(19-8-5-13-28-19)14-20(26)24-11-9-17(10-12-24)23-21(27)16-6-3-2-4-7-16/h2-8,13,17-18H,9-12,14H2,1H3,(H,22,25)(H,23,27)/t18-/m0/s1. The van der Waals surface area contributed by atoms with Crippen LogP contribution in [0.25, 0.3) is 0 Å². The molecule has 0 unspecified atom stereocenters. The van der Waals surface area contributed by atoms with Crippen LogP contribution in [-0.4, -0.2) is 41.8 Å². The zero-order chi connectivity index (χ0) is 19.9. The SMILES string of the molecule is CC(=O)N[C@@H](CC(=O)N1CCC(NC(=O)c2ccccc2)CC1)c1cccs1. The summed E-state index contributed by atoms with van der Waals surface area (Å²) < 4.78 is 0. The summed E-state index contributed by atoms with van der Waals surface area (Å²) in [6, 6.07) is 12.8. The van der Waals surface area contributed by atoms with E-state index in [2.05, 4.69) is 10.6 Å². The van der Waals surface area contributed by atoms with Crippen molar-refractivity contribution in [2.45, 2.75) is 38.3 Å². The summed E-state index contributed by atoms with van der Waals surface area (Å²) in [7, 11) is 0. The lowest BCUT2D eigenvalue weighted by atomic mass is 10.0. The number of amides is 3. The smallest absolute Gasteiger partial charge is 0.251 e. The average molecular weight is 400 g/mol. The minimum absolute atomic E-state index is 0.0278. The van der Waals surface area contributed by atoms with Gasteiger partial charge in [-0.25, -0.2) is 0 Å². The van der Waals surface area contributed by atoms with Crippen LogP contribution in [0.3, 0.4) is 0 Å². The monoisotopic (exact) mass is 399 g/mol. The Bertz CT molecular complexity index is 800. The molecule has 0 saturated carbocycles. The Balaban J connectivity index is 1.50. The van der Waals surface area contributed by atoms with Crippen molar-refractivity contribution in [3.8, 4) is 0 Å². The van der Waals surface area contributed by atoms with Crippen molar-refractivity contribution in [3.05, 3.63) is 58.3 Å². The van der Waals surface area contributed by atoms with E-state index in [0.29, 0.717) is 18.7 Å². The summed E-state index contributed by atoms with van der Waals surface area (Å²) >= 11 is 1.53. The normalized spacial score (nSPS) is 15.7. The molecule has 1 aliphatic rings. The highest BCUT2D eigenvalue weighted by Crippen LogP contribution is 2.24. The van der Waals surface area contributed by atoms with Gasteiger partial charge in [0, 0.05) is 36.5 Å². The van der Waals surface area contributed by atoms with E-state index in [4.69, 9.17) is 0 Å². The molecule has 2 N–H and O–H groups in total. The van der Waals surface area contributed by atoms with Crippen molar-refractivity contribution < 1.29 is 14.4 Å². The molecule has 3 amide bonds. The van der Waals surface area contributed by atoms with Crippen LogP contribution in [0.15, 0.2) is 47.8 Å². The first-order valence-electron chi connectivity index (χ1n) is 9.47. The van der Waals surface area contributed by atoms with Gasteiger partial charge in [-0.3, -0.25) is 14.4 Å². The maximum atomic E-state index is 12.7. The molecule has 0 radical (unpaired) electrons. The minimum atomic E-state index is -0.291. The molecule has 6 nitrogen and oxygen atoms in total. The van der Waals surface area contributed by atoms with Gasteiger partial charge in [-0.2, -0.15) is 0 Å². The van der Waals surface area contributed by atoms with Crippen LogP contribution in [0.2, 0.25) is 0 Å². The topological polar surface area (TPSA) is 78.5 Å². The Labute approximate surface area is 168 Å². The molecule has 1 aromatic heterocycles. The molecule has 28 heavy (non-hydrogen) atoms. The number of hydrogen-bond donors (Lipinski definition) is 2. The molecule has 0 aliphatic carbocycles. The lowest BCUT2D eigenvalue weighted by Gasteiger charge is -2.33. The highest BCUT2D eigenvalue weighted by atomic mass is 32.1. The number of likely N-dealkylation sites (tertiary alicyclic amines) is 1. The van der Waals surface area contributed by atoms with Gasteiger partial charge in [0.15, 0.2) is 0 Å². The largest absolute Gasteiger partial charge is 0.349 e. The second-order valence-corrected chi connectivity index (χ2v) is 7.95. The number of thiophene rings is 1. The molecule has 1 fully saturated rings. The van der Waals surface area contributed by atoms with Gasteiger partial charge in [-0.05, 0) is 36.4 Å². The zero-order valence-electron chi connectivity index (χ0n) is 15.9. The molecule has 7 heteroatoms. The summed E-state index contributed by atoms with van der Waals surface area (Å²) in [5.74, 6) is -0.192. The molecule has 1 aromatic carbocycles. The highest BCUT2D eigenvalue weighted by molar-refractivity contribution is 7.10. The first-order chi connectivity index (χ1) is 13.5. The summed E-state index contributed by atoms with van der Waals surface area (Å²) in [6.07, 6.45) is 1.71. The third-order valence-corrected chi connectivity index (χ3v) is 5.85. The number of nitrogens with zero attached hydrogens (tertiary/aromatic N) is 1. The first kappa shape index (κ1) is 20.1. The number of rotatable bonds is 6. The Hall–Kier alpha value is -2.67. The van der Waals surface area contributed by atoms with Gasteiger partial charge in [0.25, 0.3) is 5.91 Å². The number of carbonyl (C=O) groups excluding carboxylic acids is 3. The lowest BCUT2D eigenvalue weighted by Crippen LogP contribution is -2.47. The van der Waals surface area contributed by atoms with Crippen LogP contribution in [0.5, 0.6) is 0 Å². The van der Waals surface area contributed by atoms with Crippen molar-refractivity contribution in [3.63, 3.8) is 0 Å². The van der Waals surface area contributed by atoms with Crippen LogP contribution in [0, 0.1) is 0 Å². The van der Waals surface area contributed by atoms with Gasteiger partial charge >= 0.3 is 0 Å². The fourth-order valence-electron chi connectivity index (χ4n) is 3.39. The van der Waals surface area contributed by atoms with E-state index in [9.17, 15) is 14.4 Å². The number of benzene rings is 1. The Morgan fingerprint density at radius 1 is 1.11 bits per heavy atom. The van der Waals surface area contributed by atoms with Crippen LogP contribution in [-0.2, 0) is 9.59 Å². The lowest BCUT2D eigenvalue weighted by molar-refractivity contribution is -0.133. The molecule has 1 aliphatic heterocycles. The molecule has 148 valence electrons.